The van der Waals surface area contributed by atoms with Gasteiger partial charge in [-0.2, -0.15) is 4.31 Å². The molecule has 0 aliphatic carbocycles. The van der Waals surface area contributed by atoms with Crippen molar-refractivity contribution in [2.45, 2.75) is 17.5 Å². The zero-order chi connectivity index (χ0) is 22.6. The van der Waals surface area contributed by atoms with E-state index >= 15 is 0 Å². The van der Waals surface area contributed by atoms with Gasteiger partial charge >= 0.3 is 0 Å². The normalized spacial score (nSPS) is 12.5. The molecule has 162 valence electrons. The summed E-state index contributed by atoms with van der Waals surface area (Å²) in [5, 5.41) is 3.05. The number of nitrogens with one attached hydrogen (secondary N) is 1. The van der Waals surface area contributed by atoms with Crippen LogP contribution in [-0.2, 0) is 21.4 Å². The second kappa shape index (κ2) is 9.78. The molecule has 3 aromatic carbocycles. The molecule has 1 atom stereocenters. The van der Waals surface area contributed by atoms with E-state index in [1.54, 1.807) is 30.3 Å². The highest BCUT2D eigenvalue weighted by molar-refractivity contribution is 7.89. The van der Waals surface area contributed by atoms with Crippen molar-refractivity contribution in [2.24, 2.45) is 0 Å². The number of hydrogen-bond acceptors (Lipinski definition) is 3. The quantitative estimate of drug-likeness (QED) is 0.527. The number of nitrogens with zero attached hydrogens (tertiary/aromatic N) is 1. The van der Waals surface area contributed by atoms with Crippen LogP contribution in [0.1, 0.15) is 17.2 Å². The van der Waals surface area contributed by atoms with Crippen molar-refractivity contribution in [3.8, 4) is 0 Å². The number of benzene rings is 3. The maximum atomic E-state index is 14.6. The zero-order valence-electron chi connectivity index (χ0n) is 16.4. The average Bonchev–Trinajstić information content (AvgIpc) is 2.75. The summed E-state index contributed by atoms with van der Waals surface area (Å²) in [6, 6.07) is 16.7. The van der Waals surface area contributed by atoms with Gasteiger partial charge in [0, 0.05) is 29.2 Å². The minimum absolute atomic E-state index is 0.0731. The third kappa shape index (κ3) is 5.25. The van der Waals surface area contributed by atoms with Crippen LogP contribution >= 0.6 is 23.2 Å². The third-order valence-electron chi connectivity index (χ3n) is 4.66. The average molecular weight is 481 g/mol. The first kappa shape index (κ1) is 23.2. The molecule has 0 saturated carbocycles. The molecule has 9 heteroatoms. The van der Waals surface area contributed by atoms with Gasteiger partial charge < -0.3 is 5.32 Å². The molecule has 0 spiro atoms. The Balaban J connectivity index is 2.18. The Morgan fingerprint density at radius 3 is 2.19 bits per heavy atom. The highest BCUT2D eigenvalue weighted by Crippen LogP contribution is 2.31. The number of likely N-dealkylation sites (N-methyl/N-ethyl adjacent to an activating group) is 1. The van der Waals surface area contributed by atoms with Crippen LogP contribution in [0.3, 0.4) is 0 Å². The van der Waals surface area contributed by atoms with E-state index in [1.807, 2.05) is 0 Å². The van der Waals surface area contributed by atoms with E-state index in [-0.39, 0.29) is 22.0 Å². The molecule has 5 nitrogen and oxygen atoms in total. The number of amides is 1. The van der Waals surface area contributed by atoms with Gasteiger partial charge in [0.15, 0.2) is 0 Å². The summed E-state index contributed by atoms with van der Waals surface area (Å²) in [6.45, 7) is -0.388. The molecule has 0 bridgehead atoms. The number of carbonyl (C=O) groups excluding carboxylic acids is 1. The molecule has 31 heavy (non-hydrogen) atoms. The van der Waals surface area contributed by atoms with Gasteiger partial charge in [-0.15, -0.1) is 0 Å². The first-order valence-electron chi connectivity index (χ1n) is 9.22. The molecule has 0 aliphatic rings. The minimum atomic E-state index is -4.23. The van der Waals surface area contributed by atoms with Crippen molar-refractivity contribution in [1.82, 2.24) is 9.62 Å². The highest BCUT2D eigenvalue weighted by atomic mass is 35.5. The Hall–Kier alpha value is -2.45. The maximum Gasteiger partial charge on any atom is 0.244 e. The fourth-order valence-electron chi connectivity index (χ4n) is 3.10. The summed E-state index contributed by atoms with van der Waals surface area (Å²) >= 11 is 11.7. The van der Waals surface area contributed by atoms with Crippen LogP contribution in [0, 0.1) is 5.82 Å². The van der Waals surface area contributed by atoms with Crippen LogP contribution in [0.25, 0.3) is 0 Å². The minimum Gasteiger partial charge on any atom is -0.357 e. The zero-order valence-corrected chi connectivity index (χ0v) is 18.8. The van der Waals surface area contributed by atoms with Crippen molar-refractivity contribution in [1.29, 1.82) is 0 Å². The third-order valence-corrected chi connectivity index (χ3v) is 6.97. The molecule has 1 unspecified atom stereocenters. The Kier molecular flexibility index (Phi) is 7.33. The lowest BCUT2D eigenvalue weighted by atomic mass is 10.1. The van der Waals surface area contributed by atoms with Gasteiger partial charge in [-0.05, 0) is 42.0 Å². The lowest BCUT2D eigenvalue weighted by Crippen LogP contribution is -2.42. The summed E-state index contributed by atoms with van der Waals surface area (Å²) in [4.78, 5) is 12.8. The van der Waals surface area contributed by atoms with E-state index in [0.29, 0.717) is 10.6 Å². The summed E-state index contributed by atoms with van der Waals surface area (Å²) in [7, 11) is -2.82. The highest BCUT2D eigenvalue weighted by Gasteiger charge is 2.37. The summed E-state index contributed by atoms with van der Waals surface area (Å²) in [5.41, 5.74) is 0.514. The monoisotopic (exact) mass is 480 g/mol. The molecule has 1 N–H and O–H groups in total. The van der Waals surface area contributed by atoms with Crippen LogP contribution in [0.5, 0.6) is 0 Å². The topological polar surface area (TPSA) is 66.5 Å². The first-order chi connectivity index (χ1) is 14.7. The van der Waals surface area contributed by atoms with E-state index < -0.39 is 27.8 Å². The summed E-state index contributed by atoms with van der Waals surface area (Å²) in [5.74, 6) is -1.23. The van der Waals surface area contributed by atoms with E-state index in [9.17, 15) is 17.6 Å². The SMILES string of the molecule is CNC(=O)C(c1ccccc1)N(Cc1ccc(Cl)cc1F)S(=O)(=O)c1ccc(Cl)cc1. The van der Waals surface area contributed by atoms with Gasteiger partial charge in [0.1, 0.15) is 11.9 Å². The van der Waals surface area contributed by atoms with Crippen LogP contribution in [-0.4, -0.2) is 25.7 Å². The molecule has 1 amide bonds. The fraction of sp³-hybridized carbons (Fsp3) is 0.136. The number of sulfonamides is 1. The van der Waals surface area contributed by atoms with Crippen molar-refractivity contribution in [3.05, 3.63) is 99.8 Å². The molecular formula is C22H19Cl2FN2O3S. The number of halogens is 3. The van der Waals surface area contributed by atoms with Crippen LogP contribution < -0.4 is 5.32 Å². The Bertz CT molecular complexity index is 1170. The second-order valence-corrected chi connectivity index (χ2v) is 9.43. The van der Waals surface area contributed by atoms with Crippen LogP contribution in [0.4, 0.5) is 4.39 Å². The summed E-state index contributed by atoms with van der Waals surface area (Å²) in [6.07, 6.45) is 0. The fourth-order valence-corrected chi connectivity index (χ4v) is 4.93. The molecule has 0 aliphatic heterocycles. The van der Waals surface area contributed by atoms with Crippen molar-refractivity contribution in [3.63, 3.8) is 0 Å². The predicted molar refractivity (Wildman–Crippen MR) is 119 cm³/mol. The maximum absolute atomic E-state index is 14.6. The Labute approximate surface area is 190 Å². The van der Waals surface area contributed by atoms with Crippen LogP contribution in [0.2, 0.25) is 10.0 Å². The van der Waals surface area contributed by atoms with Gasteiger partial charge in [-0.3, -0.25) is 4.79 Å². The largest absolute Gasteiger partial charge is 0.357 e. The van der Waals surface area contributed by atoms with Crippen LogP contribution in [0.15, 0.2) is 77.7 Å². The Morgan fingerprint density at radius 2 is 1.61 bits per heavy atom. The number of hydrogen-bond donors (Lipinski definition) is 1. The van der Waals surface area contributed by atoms with E-state index in [4.69, 9.17) is 23.2 Å². The van der Waals surface area contributed by atoms with Crippen molar-refractivity contribution < 1.29 is 17.6 Å². The lowest BCUT2D eigenvalue weighted by Gasteiger charge is -2.30. The predicted octanol–water partition coefficient (Wildman–Crippen LogP) is 4.81. The number of carbonyl (C=O) groups is 1. The molecular weight excluding hydrogens is 462 g/mol. The van der Waals surface area contributed by atoms with Gasteiger partial charge in [0.25, 0.3) is 0 Å². The summed E-state index contributed by atoms with van der Waals surface area (Å²) < 4.78 is 42.8. The molecule has 0 radical (unpaired) electrons. The van der Waals surface area contributed by atoms with Crippen molar-refractivity contribution in [2.75, 3.05) is 7.05 Å². The second-order valence-electron chi connectivity index (χ2n) is 6.67. The van der Waals surface area contributed by atoms with Gasteiger partial charge in [0.05, 0.1) is 4.90 Å². The smallest absolute Gasteiger partial charge is 0.244 e. The molecule has 0 heterocycles. The van der Waals surface area contributed by atoms with Gasteiger partial charge in [-0.1, -0.05) is 59.6 Å². The molecule has 0 saturated heterocycles. The lowest BCUT2D eigenvalue weighted by molar-refractivity contribution is -0.124. The van der Waals surface area contributed by atoms with Gasteiger partial charge in [0.2, 0.25) is 15.9 Å². The van der Waals surface area contributed by atoms with E-state index in [2.05, 4.69) is 5.32 Å². The molecule has 0 aromatic heterocycles. The van der Waals surface area contributed by atoms with Gasteiger partial charge in [-0.25, -0.2) is 12.8 Å². The van der Waals surface area contributed by atoms with E-state index in [1.165, 1.54) is 43.4 Å². The van der Waals surface area contributed by atoms with Crippen molar-refractivity contribution >= 4 is 39.1 Å². The first-order valence-corrected chi connectivity index (χ1v) is 11.4. The molecule has 3 aromatic rings. The standard InChI is InChI=1S/C22H19Cl2FN2O3S/c1-26-22(28)21(15-5-3-2-4-6-15)27(14-16-7-8-18(24)13-20(16)25)31(29,30)19-11-9-17(23)10-12-19/h2-13,21H,14H2,1H3,(H,26,28). The van der Waals surface area contributed by atoms with E-state index in [0.717, 1.165) is 10.4 Å². The molecule has 0 fully saturated rings. The number of rotatable bonds is 7. The molecule has 3 rings (SSSR count). The Morgan fingerprint density at radius 1 is 1.00 bits per heavy atom.